The molecule has 0 amide bonds. The zero-order valence-electron chi connectivity index (χ0n) is 28.4. The molecule has 9 rings (SSSR count). The van der Waals surface area contributed by atoms with Crippen LogP contribution in [0, 0.1) is 0 Å². The second kappa shape index (κ2) is 13.4. The van der Waals surface area contributed by atoms with Crippen LogP contribution in [0.5, 0.6) is 0 Å². The van der Waals surface area contributed by atoms with E-state index in [0.29, 0.717) is 5.39 Å². The fraction of sp³-hybridized carbons (Fsp3) is 0. The van der Waals surface area contributed by atoms with Gasteiger partial charge in [0.15, 0.2) is 0 Å². The normalized spacial score (nSPS) is 11.2. The molecular formula is C49H34N2O. The van der Waals surface area contributed by atoms with Crippen molar-refractivity contribution in [3.63, 3.8) is 0 Å². The van der Waals surface area contributed by atoms with Crippen molar-refractivity contribution in [3.8, 4) is 39.1 Å². The van der Waals surface area contributed by atoms with E-state index in [1.807, 2.05) is 71.3 Å². The van der Waals surface area contributed by atoms with Crippen LogP contribution in [-0.4, -0.2) is 4.57 Å². The molecule has 8 aromatic carbocycles. The number of hydrogen-bond acceptors (Lipinski definition) is 2. The van der Waals surface area contributed by atoms with Crippen LogP contribution < -0.4 is 10.5 Å². The highest BCUT2D eigenvalue weighted by Gasteiger charge is 2.16. The van der Waals surface area contributed by atoms with Gasteiger partial charge in [-0.1, -0.05) is 140 Å². The van der Waals surface area contributed by atoms with Gasteiger partial charge in [0.1, 0.15) is 0 Å². The van der Waals surface area contributed by atoms with Gasteiger partial charge in [-0.25, -0.2) is 0 Å². The van der Waals surface area contributed by atoms with Gasteiger partial charge in [-0.15, -0.1) is 0 Å². The standard InChI is InChI=1S/C49H34N2O/c52-49-46-19-11-10-18-45(46)47-34-40(26-33-48(47)51(49)41-16-8-3-9-17-41)39-24-31-44(32-25-39)50(42-27-20-37(21-28-42)35-12-4-1-5-13-35)43-29-22-38(23-30-43)36-14-6-2-7-15-36/h1-34H. The molecule has 0 atom stereocenters. The number of fused-ring (bicyclic) bond motifs is 3. The molecule has 0 fully saturated rings. The molecule has 52 heavy (non-hydrogen) atoms. The van der Waals surface area contributed by atoms with Crippen molar-refractivity contribution in [1.29, 1.82) is 0 Å². The number of hydrogen-bond donors (Lipinski definition) is 0. The molecule has 0 saturated heterocycles. The van der Waals surface area contributed by atoms with Crippen molar-refractivity contribution < 1.29 is 0 Å². The minimum absolute atomic E-state index is 0.0138. The molecule has 0 aliphatic carbocycles. The van der Waals surface area contributed by atoms with Crippen molar-refractivity contribution in [2.75, 3.05) is 4.90 Å². The van der Waals surface area contributed by atoms with Gasteiger partial charge < -0.3 is 4.90 Å². The molecular weight excluding hydrogens is 633 g/mol. The summed E-state index contributed by atoms with van der Waals surface area (Å²) in [5.74, 6) is 0. The zero-order chi connectivity index (χ0) is 34.9. The first kappa shape index (κ1) is 31.0. The first-order valence-corrected chi connectivity index (χ1v) is 17.6. The molecule has 0 unspecified atom stereocenters. The average Bonchev–Trinajstić information content (AvgIpc) is 3.23. The number of benzene rings is 8. The first-order valence-electron chi connectivity index (χ1n) is 17.6. The third-order valence-corrected chi connectivity index (χ3v) is 9.83. The van der Waals surface area contributed by atoms with E-state index in [1.165, 1.54) is 22.3 Å². The summed E-state index contributed by atoms with van der Waals surface area (Å²) in [4.78, 5) is 16.1. The average molecular weight is 667 g/mol. The summed E-state index contributed by atoms with van der Waals surface area (Å²) in [6.07, 6.45) is 0. The maximum atomic E-state index is 13.8. The van der Waals surface area contributed by atoms with E-state index in [0.717, 1.165) is 50.2 Å². The summed E-state index contributed by atoms with van der Waals surface area (Å²) in [6, 6.07) is 71.5. The Morgan fingerprint density at radius 2 is 0.712 bits per heavy atom. The van der Waals surface area contributed by atoms with Crippen molar-refractivity contribution >= 4 is 38.7 Å². The van der Waals surface area contributed by atoms with Crippen LogP contribution in [0.1, 0.15) is 0 Å². The van der Waals surface area contributed by atoms with Crippen molar-refractivity contribution in [2.45, 2.75) is 0 Å². The summed E-state index contributed by atoms with van der Waals surface area (Å²) in [7, 11) is 0. The molecule has 9 aromatic rings. The van der Waals surface area contributed by atoms with Gasteiger partial charge in [0.2, 0.25) is 0 Å². The van der Waals surface area contributed by atoms with E-state index in [1.54, 1.807) is 0 Å². The monoisotopic (exact) mass is 666 g/mol. The predicted octanol–water partition coefficient (Wildman–Crippen LogP) is 12.6. The molecule has 1 aromatic heterocycles. The molecule has 246 valence electrons. The van der Waals surface area contributed by atoms with E-state index >= 15 is 0 Å². The van der Waals surface area contributed by atoms with Crippen LogP contribution in [0.2, 0.25) is 0 Å². The summed E-state index contributed by atoms with van der Waals surface area (Å²) >= 11 is 0. The molecule has 0 spiro atoms. The second-order valence-electron chi connectivity index (χ2n) is 13.0. The third-order valence-electron chi connectivity index (χ3n) is 9.83. The van der Waals surface area contributed by atoms with Crippen LogP contribution in [0.3, 0.4) is 0 Å². The maximum absolute atomic E-state index is 13.8. The minimum Gasteiger partial charge on any atom is -0.311 e. The smallest absolute Gasteiger partial charge is 0.263 e. The molecule has 3 heteroatoms. The van der Waals surface area contributed by atoms with Gasteiger partial charge in [-0.2, -0.15) is 0 Å². The highest BCUT2D eigenvalue weighted by Crippen LogP contribution is 2.38. The number of nitrogens with zero attached hydrogens (tertiary/aromatic N) is 2. The second-order valence-corrected chi connectivity index (χ2v) is 13.0. The number of anilines is 3. The van der Waals surface area contributed by atoms with Crippen LogP contribution in [-0.2, 0) is 0 Å². The minimum atomic E-state index is -0.0138. The van der Waals surface area contributed by atoms with Crippen molar-refractivity contribution in [3.05, 3.63) is 217 Å². The van der Waals surface area contributed by atoms with E-state index in [4.69, 9.17) is 0 Å². The molecule has 0 bridgehead atoms. The van der Waals surface area contributed by atoms with Gasteiger partial charge in [0.25, 0.3) is 5.56 Å². The quantitative estimate of drug-likeness (QED) is 0.158. The molecule has 1 heterocycles. The Bertz CT molecular complexity index is 2620. The highest BCUT2D eigenvalue weighted by molar-refractivity contribution is 6.07. The highest BCUT2D eigenvalue weighted by atomic mass is 16.1. The molecule has 0 N–H and O–H groups in total. The molecule has 0 saturated carbocycles. The number of pyridine rings is 1. The summed E-state index contributed by atoms with van der Waals surface area (Å²) in [5, 5.41) is 2.70. The maximum Gasteiger partial charge on any atom is 0.263 e. The number of rotatable bonds is 7. The Morgan fingerprint density at radius 1 is 0.327 bits per heavy atom. The lowest BCUT2D eigenvalue weighted by atomic mass is 9.99. The molecule has 0 aliphatic heterocycles. The van der Waals surface area contributed by atoms with E-state index in [-0.39, 0.29) is 5.56 Å². The summed E-state index contributed by atoms with van der Waals surface area (Å²) in [5.41, 5.74) is 11.9. The third kappa shape index (κ3) is 5.74. The molecule has 0 aliphatic rings. The van der Waals surface area contributed by atoms with Gasteiger partial charge in [0.05, 0.1) is 5.52 Å². The lowest BCUT2D eigenvalue weighted by Crippen LogP contribution is -2.19. The number of aromatic nitrogens is 1. The Hall–Kier alpha value is -6.97. The Kier molecular flexibility index (Phi) is 7.99. The topological polar surface area (TPSA) is 25.2 Å². The SMILES string of the molecule is O=c1c2ccccc2c2cc(-c3ccc(N(c4ccc(-c5ccccc5)cc4)c4ccc(-c5ccccc5)cc4)cc3)ccc2n1-c1ccccc1. The zero-order valence-corrected chi connectivity index (χ0v) is 28.4. The van der Waals surface area contributed by atoms with Gasteiger partial charge in [-0.3, -0.25) is 9.36 Å². The van der Waals surface area contributed by atoms with Gasteiger partial charge in [0, 0.05) is 33.5 Å². The molecule has 3 nitrogen and oxygen atoms in total. The van der Waals surface area contributed by atoms with Crippen LogP contribution >= 0.6 is 0 Å². The predicted molar refractivity (Wildman–Crippen MR) is 218 cm³/mol. The van der Waals surface area contributed by atoms with Crippen LogP contribution in [0.4, 0.5) is 17.1 Å². The Balaban J connectivity index is 1.12. The van der Waals surface area contributed by atoms with E-state index < -0.39 is 0 Å². The van der Waals surface area contributed by atoms with E-state index in [9.17, 15) is 4.79 Å². The number of para-hydroxylation sites is 1. The lowest BCUT2D eigenvalue weighted by molar-refractivity contribution is 1.06. The fourth-order valence-corrected chi connectivity index (χ4v) is 7.21. The Morgan fingerprint density at radius 3 is 1.21 bits per heavy atom. The largest absolute Gasteiger partial charge is 0.311 e. The van der Waals surface area contributed by atoms with Crippen molar-refractivity contribution in [1.82, 2.24) is 4.57 Å². The van der Waals surface area contributed by atoms with Crippen LogP contribution in [0.25, 0.3) is 60.7 Å². The van der Waals surface area contributed by atoms with E-state index in [2.05, 4.69) is 144 Å². The van der Waals surface area contributed by atoms with Gasteiger partial charge in [-0.05, 0) is 105 Å². The summed E-state index contributed by atoms with van der Waals surface area (Å²) < 4.78 is 1.83. The Labute approximate surface area is 302 Å². The summed E-state index contributed by atoms with van der Waals surface area (Å²) in [6.45, 7) is 0. The first-order chi connectivity index (χ1) is 25.7. The fourth-order valence-electron chi connectivity index (χ4n) is 7.21. The van der Waals surface area contributed by atoms with Gasteiger partial charge >= 0.3 is 0 Å². The van der Waals surface area contributed by atoms with Crippen LogP contribution in [0.15, 0.2) is 211 Å². The molecule has 0 radical (unpaired) electrons. The lowest BCUT2D eigenvalue weighted by Gasteiger charge is -2.26. The van der Waals surface area contributed by atoms with Crippen molar-refractivity contribution in [2.24, 2.45) is 0 Å².